The van der Waals surface area contributed by atoms with Crippen molar-refractivity contribution in [2.75, 3.05) is 0 Å². The van der Waals surface area contributed by atoms with E-state index in [2.05, 4.69) is 14.3 Å². The molecule has 2 heterocycles. The highest BCUT2D eigenvalue weighted by molar-refractivity contribution is 7.88. The highest BCUT2D eigenvalue weighted by atomic mass is 32.2. The van der Waals surface area contributed by atoms with E-state index in [-0.39, 0.29) is 6.42 Å². The first kappa shape index (κ1) is 23.3. The Kier molecular flexibility index (Phi) is 6.00. The molecule has 170 valence electrons. The number of aromatic nitrogens is 3. The van der Waals surface area contributed by atoms with Crippen LogP contribution in [0.15, 0.2) is 36.7 Å². The number of nitrogens with zero attached hydrogens (tertiary/aromatic N) is 3. The molecule has 0 bridgehead atoms. The smallest absolute Gasteiger partial charge is 0.478 e. The summed E-state index contributed by atoms with van der Waals surface area (Å²) in [6, 6.07) is 5.62. The molecule has 1 aromatic carbocycles. The van der Waals surface area contributed by atoms with E-state index >= 15 is 0 Å². The van der Waals surface area contributed by atoms with E-state index in [0.717, 1.165) is 23.4 Å². The zero-order chi connectivity index (χ0) is 23.8. The van der Waals surface area contributed by atoms with Crippen molar-refractivity contribution in [3.63, 3.8) is 0 Å². The second kappa shape index (κ2) is 8.26. The Morgan fingerprint density at radius 1 is 1.22 bits per heavy atom. The largest absolute Gasteiger partial charge is 0.534 e. The van der Waals surface area contributed by atoms with Gasteiger partial charge in [-0.25, -0.2) is 4.79 Å². The average Bonchev–Trinajstić information content (AvgIpc) is 3.01. The van der Waals surface area contributed by atoms with Crippen LogP contribution >= 0.6 is 0 Å². The van der Waals surface area contributed by atoms with Crippen LogP contribution < -0.4 is 4.18 Å². The number of carboxylic acid groups (broad SMARTS) is 1. The highest BCUT2D eigenvalue weighted by Crippen LogP contribution is 2.31. The molecule has 0 amide bonds. The van der Waals surface area contributed by atoms with Crippen molar-refractivity contribution < 1.29 is 35.7 Å². The standard InChI is InChI=1S/C20H18F3N3O5S/c1-11-6-18(31-32(29,30)20(21,22)23)15(19(27)28)8-14(11)7-13-4-5-17(24-9-13)16-10-26(3)25-12(16)2/h4-6,8-10H,7H2,1-3H3,(H,27,28). The number of aromatic carboxylic acids is 1. The fourth-order valence-corrected chi connectivity index (χ4v) is 3.55. The van der Waals surface area contributed by atoms with E-state index in [9.17, 15) is 31.5 Å². The molecule has 0 aliphatic rings. The van der Waals surface area contributed by atoms with Crippen LogP contribution in [0.3, 0.4) is 0 Å². The lowest BCUT2D eigenvalue weighted by Gasteiger charge is -2.14. The van der Waals surface area contributed by atoms with E-state index in [1.165, 1.54) is 6.92 Å². The van der Waals surface area contributed by atoms with Gasteiger partial charge in [-0.1, -0.05) is 6.07 Å². The van der Waals surface area contributed by atoms with Crippen molar-refractivity contribution in [1.29, 1.82) is 0 Å². The van der Waals surface area contributed by atoms with Crippen molar-refractivity contribution in [3.8, 4) is 17.0 Å². The zero-order valence-corrected chi connectivity index (χ0v) is 18.0. The summed E-state index contributed by atoms with van der Waals surface area (Å²) in [7, 11) is -4.22. The predicted molar refractivity (Wildman–Crippen MR) is 108 cm³/mol. The first-order chi connectivity index (χ1) is 14.8. The van der Waals surface area contributed by atoms with Crippen molar-refractivity contribution in [1.82, 2.24) is 14.8 Å². The lowest BCUT2D eigenvalue weighted by Crippen LogP contribution is -2.28. The summed E-state index contributed by atoms with van der Waals surface area (Å²) in [5.41, 5.74) is -2.49. The molecule has 0 radical (unpaired) electrons. The van der Waals surface area contributed by atoms with E-state index < -0.39 is 32.9 Å². The third-order valence-corrected chi connectivity index (χ3v) is 5.63. The predicted octanol–water partition coefficient (Wildman–Crippen LogP) is 3.62. The SMILES string of the molecule is Cc1cc(OS(=O)(=O)C(F)(F)F)c(C(=O)O)cc1Cc1ccc(-c2cn(C)nc2C)nc1. The molecule has 3 aromatic rings. The number of pyridine rings is 1. The first-order valence-electron chi connectivity index (χ1n) is 9.11. The highest BCUT2D eigenvalue weighted by Gasteiger charge is 2.49. The molecule has 0 saturated carbocycles. The number of halogens is 3. The molecule has 0 spiro atoms. The van der Waals surface area contributed by atoms with Crippen molar-refractivity contribution >= 4 is 16.1 Å². The third-order valence-electron chi connectivity index (χ3n) is 4.66. The van der Waals surface area contributed by atoms with Crippen molar-refractivity contribution in [3.05, 3.63) is 64.6 Å². The van der Waals surface area contributed by atoms with Gasteiger partial charge in [0.15, 0.2) is 5.75 Å². The van der Waals surface area contributed by atoms with Gasteiger partial charge in [0.1, 0.15) is 5.56 Å². The van der Waals surface area contributed by atoms with E-state index in [1.807, 2.05) is 13.1 Å². The second-order valence-electron chi connectivity index (χ2n) is 7.09. The van der Waals surface area contributed by atoms with Crippen LogP contribution in [0.5, 0.6) is 5.75 Å². The molecule has 12 heteroatoms. The summed E-state index contributed by atoms with van der Waals surface area (Å²) in [6.45, 7) is 3.36. The van der Waals surface area contributed by atoms with E-state index in [4.69, 9.17) is 0 Å². The Balaban J connectivity index is 1.91. The lowest BCUT2D eigenvalue weighted by atomic mass is 9.98. The van der Waals surface area contributed by atoms with Crippen LogP contribution in [0.4, 0.5) is 13.2 Å². The van der Waals surface area contributed by atoms with Gasteiger partial charge in [-0.3, -0.25) is 9.67 Å². The van der Waals surface area contributed by atoms with Gasteiger partial charge < -0.3 is 9.29 Å². The maximum Gasteiger partial charge on any atom is 0.534 e. The number of alkyl halides is 3. The van der Waals surface area contributed by atoms with Crippen LogP contribution in [-0.4, -0.2) is 39.8 Å². The molecule has 0 aliphatic carbocycles. The number of hydrogen-bond acceptors (Lipinski definition) is 6. The number of carboxylic acids is 1. The molecule has 8 nitrogen and oxygen atoms in total. The molecule has 32 heavy (non-hydrogen) atoms. The fraction of sp³-hybridized carbons (Fsp3) is 0.250. The van der Waals surface area contributed by atoms with E-state index in [1.54, 1.807) is 30.1 Å². The minimum Gasteiger partial charge on any atom is -0.478 e. The molecule has 3 rings (SSSR count). The van der Waals surface area contributed by atoms with Gasteiger partial charge in [-0.15, -0.1) is 0 Å². The van der Waals surface area contributed by atoms with Crippen LogP contribution in [0.2, 0.25) is 0 Å². The molecule has 0 saturated heterocycles. The number of benzene rings is 1. The Labute approximate surface area is 181 Å². The third kappa shape index (κ3) is 4.74. The molecule has 0 unspecified atom stereocenters. The maximum absolute atomic E-state index is 12.6. The summed E-state index contributed by atoms with van der Waals surface area (Å²) < 4.78 is 66.2. The number of rotatable bonds is 6. The summed E-state index contributed by atoms with van der Waals surface area (Å²) in [5.74, 6) is -2.53. The van der Waals surface area contributed by atoms with Crippen LogP contribution in [-0.2, 0) is 23.6 Å². The summed E-state index contributed by atoms with van der Waals surface area (Å²) in [6.07, 6.45) is 3.65. The molecule has 2 aromatic heterocycles. The van der Waals surface area contributed by atoms with Crippen LogP contribution in [0, 0.1) is 13.8 Å². The van der Waals surface area contributed by atoms with Crippen molar-refractivity contribution in [2.45, 2.75) is 25.8 Å². The monoisotopic (exact) mass is 469 g/mol. The van der Waals surface area contributed by atoms with E-state index in [0.29, 0.717) is 22.4 Å². The maximum atomic E-state index is 12.6. The quantitative estimate of drug-likeness (QED) is 0.434. The topological polar surface area (TPSA) is 111 Å². The minimum atomic E-state index is -6.01. The summed E-state index contributed by atoms with van der Waals surface area (Å²) in [4.78, 5) is 15.9. The summed E-state index contributed by atoms with van der Waals surface area (Å²) in [5, 5.41) is 13.6. The molecular weight excluding hydrogens is 451 g/mol. The van der Waals surface area contributed by atoms with Gasteiger partial charge in [-0.05, 0) is 55.2 Å². The van der Waals surface area contributed by atoms with Crippen molar-refractivity contribution in [2.24, 2.45) is 7.05 Å². The second-order valence-corrected chi connectivity index (χ2v) is 8.63. The number of hydrogen-bond donors (Lipinski definition) is 1. The van der Waals surface area contributed by atoms with Gasteiger partial charge in [0.05, 0.1) is 11.4 Å². The molecule has 1 N–H and O–H groups in total. The lowest BCUT2D eigenvalue weighted by molar-refractivity contribution is -0.0500. The minimum absolute atomic E-state index is 0.220. The van der Waals surface area contributed by atoms with Crippen LogP contribution in [0.25, 0.3) is 11.3 Å². The Morgan fingerprint density at radius 2 is 1.91 bits per heavy atom. The first-order valence-corrected chi connectivity index (χ1v) is 10.5. The number of aryl methyl sites for hydroxylation is 3. The number of carbonyl (C=O) groups is 1. The fourth-order valence-electron chi connectivity index (χ4n) is 3.08. The molecule has 0 atom stereocenters. The van der Waals surface area contributed by atoms with Gasteiger partial charge in [0.25, 0.3) is 0 Å². The van der Waals surface area contributed by atoms with Gasteiger partial charge in [-0.2, -0.15) is 26.7 Å². The van der Waals surface area contributed by atoms with Gasteiger partial charge in [0.2, 0.25) is 0 Å². The average molecular weight is 469 g/mol. The van der Waals surface area contributed by atoms with Crippen LogP contribution in [0.1, 0.15) is 32.7 Å². The molecule has 0 aliphatic heterocycles. The molecular formula is C20H18F3N3O5S. The Morgan fingerprint density at radius 3 is 2.41 bits per heavy atom. The summed E-state index contributed by atoms with van der Waals surface area (Å²) >= 11 is 0. The Hall–Kier alpha value is -3.41. The molecule has 0 fully saturated rings. The zero-order valence-electron chi connectivity index (χ0n) is 17.1. The Bertz CT molecular complexity index is 1280. The normalized spacial score (nSPS) is 12.1. The van der Waals surface area contributed by atoms with Gasteiger partial charge in [0, 0.05) is 25.0 Å². The van der Waals surface area contributed by atoms with Gasteiger partial charge >= 0.3 is 21.6 Å².